The van der Waals surface area contributed by atoms with Gasteiger partial charge >= 0.3 is 12.1 Å². The zero-order valence-electron chi connectivity index (χ0n) is 10.9. The Hall–Kier alpha value is -1.34. The van der Waals surface area contributed by atoms with Gasteiger partial charge in [0.1, 0.15) is 0 Å². The lowest BCUT2D eigenvalue weighted by Crippen LogP contribution is -2.43. The van der Waals surface area contributed by atoms with E-state index in [1.165, 1.54) is 0 Å². The zero-order valence-corrected chi connectivity index (χ0v) is 10.9. The number of hydrogen-bond donors (Lipinski definition) is 3. The fraction of sp³-hybridized carbons (Fsp3) is 0.833. The molecule has 19 heavy (non-hydrogen) atoms. The number of urea groups is 2. The normalized spacial score (nSPS) is 22.2. The first-order valence-corrected chi connectivity index (χ1v) is 6.77. The number of hydrogen-bond acceptors (Lipinski definition) is 4. The molecule has 3 N–H and O–H groups in total. The van der Waals surface area contributed by atoms with Crippen LogP contribution >= 0.6 is 0 Å². The third kappa shape index (κ3) is 3.81. The van der Waals surface area contributed by atoms with Crippen LogP contribution in [-0.2, 0) is 4.74 Å². The van der Waals surface area contributed by atoms with Gasteiger partial charge in [-0.15, -0.1) is 0 Å². The van der Waals surface area contributed by atoms with Crippen LogP contribution in [0.3, 0.4) is 0 Å². The number of aliphatic hydroxyl groups excluding tert-OH is 1. The van der Waals surface area contributed by atoms with Crippen LogP contribution in [0.1, 0.15) is 19.3 Å². The molecule has 2 saturated heterocycles. The number of carbonyl (C=O) groups excluding carboxylic acids is 2. The lowest BCUT2D eigenvalue weighted by Gasteiger charge is -2.26. The molecule has 2 aliphatic heterocycles. The van der Waals surface area contributed by atoms with Crippen molar-refractivity contribution in [3.05, 3.63) is 0 Å². The highest BCUT2D eigenvalue weighted by Gasteiger charge is 2.26. The number of nitrogens with zero attached hydrogens (tertiary/aromatic N) is 1. The predicted molar refractivity (Wildman–Crippen MR) is 67.7 cm³/mol. The lowest BCUT2D eigenvalue weighted by atomic mass is 9.92. The van der Waals surface area contributed by atoms with E-state index >= 15 is 0 Å². The number of amides is 4. The van der Waals surface area contributed by atoms with Crippen LogP contribution in [0.25, 0.3) is 0 Å². The molecule has 108 valence electrons. The van der Waals surface area contributed by atoms with Gasteiger partial charge in [-0.25, -0.2) is 14.5 Å². The average Bonchev–Trinajstić information content (AvgIpc) is 2.86. The summed E-state index contributed by atoms with van der Waals surface area (Å²) in [5, 5.41) is 15.2. The largest absolute Gasteiger partial charge is 0.393 e. The van der Waals surface area contributed by atoms with Gasteiger partial charge in [0.05, 0.1) is 6.10 Å². The molecule has 0 aromatic carbocycles. The predicted octanol–water partition coefficient (Wildman–Crippen LogP) is -0.101. The van der Waals surface area contributed by atoms with E-state index in [9.17, 15) is 14.7 Å². The molecule has 2 aliphatic rings. The summed E-state index contributed by atoms with van der Waals surface area (Å²) >= 11 is 0. The minimum atomic E-state index is -0.420. The van der Waals surface area contributed by atoms with Crippen LogP contribution in [0.15, 0.2) is 0 Å². The van der Waals surface area contributed by atoms with Gasteiger partial charge < -0.3 is 20.5 Å². The molecule has 0 saturated carbocycles. The van der Waals surface area contributed by atoms with Gasteiger partial charge in [-0.2, -0.15) is 0 Å². The fourth-order valence-corrected chi connectivity index (χ4v) is 2.42. The van der Waals surface area contributed by atoms with Crippen molar-refractivity contribution in [1.82, 2.24) is 15.5 Å². The molecule has 7 nitrogen and oxygen atoms in total. The Kier molecular flexibility index (Phi) is 4.98. The van der Waals surface area contributed by atoms with Crippen LogP contribution in [0.5, 0.6) is 0 Å². The van der Waals surface area contributed by atoms with Crippen LogP contribution < -0.4 is 10.6 Å². The molecule has 0 aromatic heterocycles. The Morgan fingerprint density at radius 2 is 2.26 bits per heavy atom. The molecular formula is C12H21N3O4. The van der Waals surface area contributed by atoms with E-state index in [1.54, 1.807) is 0 Å². The van der Waals surface area contributed by atoms with Gasteiger partial charge in [0.25, 0.3) is 0 Å². The Balaban J connectivity index is 1.65. The van der Waals surface area contributed by atoms with E-state index in [0.717, 1.165) is 17.7 Å². The fourth-order valence-electron chi connectivity index (χ4n) is 2.42. The first-order chi connectivity index (χ1) is 9.18. The van der Waals surface area contributed by atoms with Gasteiger partial charge in [-0.3, -0.25) is 0 Å². The van der Waals surface area contributed by atoms with Crippen molar-refractivity contribution < 1.29 is 19.4 Å². The molecule has 4 amide bonds. The van der Waals surface area contributed by atoms with E-state index in [-0.39, 0.29) is 11.9 Å². The first kappa shape index (κ1) is 14.1. The molecule has 2 rings (SSSR count). The second-order valence-corrected chi connectivity index (χ2v) is 4.92. The highest BCUT2D eigenvalue weighted by atomic mass is 16.5. The molecule has 2 heterocycles. The van der Waals surface area contributed by atoms with Crippen molar-refractivity contribution in [3.8, 4) is 0 Å². The lowest BCUT2D eigenvalue weighted by molar-refractivity contribution is 0.00540. The third-order valence-electron chi connectivity index (χ3n) is 3.63. The smallest absolute Gasteiger partial charge is 0.325 e. The summed E-state index contributed by atoms with van der Waals surface area (Å²) < 4.78 is 5.24. The molecule has 2 fully saturated rings. The number of rotatable bonds is 4. The van der Waals surface area contributed by atoms with Crippen molar-refractivity contribution in [2.24, 2.45) is 5.92 Å². The maximum absolute atomic E-state index is 11.7. The van der Waals surface area contributed by atoms with Gasteiger partial charge in [-0.1, -0.05) is 0 Å². The van der Waals surface area contributed by atoms with Gasteiger partial charge in [0.15, 0.2) is 0 Å². The van der Waals surface area contributed by atoms with Gasteiger partial charge in [-0.05, 0) is 25.2 Å². The van der Waals surface area contributed by atoms with Crippen molar-refractivity contribution in [1.29, 1.82) is 0 Å². The maximum atomic E-state index is 11.7. The summed E-state index contributed by atoms with van der Waals surface area (Å²) in [5.41, 5.74) is 0. The second kappa shape index (κ2) is 6.72. The number of nitrogens with one attached hydrogen (secondary N) is 2. The molecule has 0 spiro atoms. The molecule has 1 atom stereocenters. The van der Waals surface area contributed by atoms with Crippen molar-refractivity contribution >= 4 is 12.1 Å². The molecule has 7 heteroatoms. The second-order valence-electron chi connectivity index (χ2n) is 4.92. The van der Waals surface area contributed by atoms with E-state index in [0.29, 0.717) is 39.3 Å². The van der Waals surface area contributed by atoms with Crippen molar-refractivity contribution in [3.63, 3.8) is 0 Å². The molecule has 0 aromatic rings. The minimum absolute atomic E-state index is 0.251. The van der Waals surface area contributed by atoms with E-state index < -0.39 is 12.1 Å². The third-order valence-corrected chi connectivity index (χ3v) is 3.63. The molecular weight excluding hydrogens is 250 g/mol. The van der Waals surface area contributed by atoms with Crippen molar-refractivity contribution in [2.45, 2.75) is 25.4 Å². The summed E-state index contributed by atoms with van der Waals surface area (Å²) in [6.07, 6.45) is 1.82. The monoisotopic (exact) mass is 271 g/mol. The van der Waals surface area contributed by atoms with E-state index in [2.05, 4.69) is 10.6 Å². The van der Waals surface area contributed by atoms with Crippen LogP contribution in [0, 0.1) is 5.92 Å². The van der Waals surface area contributed by atoms with Gasteiger partial charge in [0, 0.05) is 32.8 Å². The maximum Gasteiger partial charge on any atom is 0.325 e. The topological polar surface area (TPSA) is 90.9 Å². The standard InChI is InChI=1S/C12H21N3O4/c16-10(9-2-7-19-8-3-9)1-4-13-11(17)15-6-5-14-12(15)18/h9-10,16H,1-8H2,(H,13,17)(H,14,18)/t10-/m0/s1. The number of aliphatic hydroxyl groups is 1. The zero-order chi connectivity index (χ0) is 13.7. The Morgan fingerprint density at radius 3 is 2.89 bits per heavy atom. The Labute approximate surface area is 112 Å². The number of ether oxygens (including phenoxy) is 1. The van der Waals surface area contributed by atoms with E-state index in [1.807, 2.05) is 0 Å². The summed E-state index contributed by atoms with van der Waals surface area (Å²) in [4.78, 5) is 24.1. The average molecular weight is 271 g/mol. The van der Waals surface area contributed by atoms with Crippen LogP contribution in [0.4, 0.5) is 9.59 Å². The summed E-state index contributed by atoms with van der Waals surface area (Å²) in [5.74, 6) is 0.251. The first-order valence-electron chi connectivity index (χ1n) is 6.77. The number of carbonyl (C=O) groups is 2. The molecule has 0 bridgehead atoms. The van der Waals surface area contributed by atoms with Crippen molar-refractivity contribution in [2.75, 3.05) is 32.8 Å². The summed E-state index contributed by atoms with van der Waals surface area (Å²) in [6.45, 7) is 2.66. The summed E-state index contributed by atoms with van der Waals surface area (Å²) in [6, 6.07) is -0.753. The highest BCUT2D eigenvalue weighted by molar-refractivity contribution is 5.94. The Morgan fingerprint density at radius 1 is 1.53 bits per heavy atom. The highest BCUT2D eigenvalue weighted by Crippen LogP contribution is 2.20. The molecule has 0 unspecified atom stereocenters. The van der Waals surface area contributed by atoms with Crippen LogP contribution in [-0.4, -0.2) is 61.0 Å². The van der Waals surface area contributed by atoms with Crippen LogP contribution in [0.2, 0.25) is 0 Å². The quantitative estimate of drug-likeness (QED) is 0.666. The molecule has 0 aliphatic carbocycles. The number of imide groups is 1. The minimum Gasteiger partial charge on any atom is -0.393 e. The molecule has 0 radical (unpaired) electrons. The van der Waals surface area contributed by atoms with E-state index in [4.69, 9.17) is 4.74 Å². The SMILES string of the molecule is O=C(NCC[C@H](O)C1CCOCC1)N1CCNC1=O. The van der Waals surface area contributed by atoms with Gasteiger partial charge in [0.2, 0.25) is 0 Å². The summed E-state index contributed by atoms with van der Waals surface area (Å²) in [7, 11) is 0. The Bertz CT molecular complexity index is 331.